The summed E-state index contributed by atoms with van der Waals surface area (Å²) in [6, 6.07) is 5.37. The molecule has 3 fully saturated rings. The molecule has 3 aliphatic rings. The summed E-state index contributed by atoms with van der Waals surface area (Å²) < 4.78 is 33.8. The molecule has 1 aliphatic carbocycles. The van der Waals surface area contributed by atoms with Crippen LogP contribution in [0.1, 0.15) is 75.1 Å². The molecule has 2 aliphatic heterocycles. The number of hydrogen-bond acceptors (Lipinski definition) is 4. The van der Waals surface area contributed by atoms with Crippen LogP contribution in [0.15, 0.2) is 23.1 Å². The zero-order valence-electron chi connectivity index (χ0n) is 18.2. The third-order valence-electron chi connectivity index (χ3n) is 7.17. The smallest absolute Gasteiger partial charge is 0.254 e. The van der Waals surface area contributed by atoms with Crippen LogP contribution in [0.2, 0.25) is 0 Å². The van der Waals surface area contributed by atoms with Crippen LogP contribution < -0.4 is 4.74 Å². The average molecular weight is 435 g/mol. The van der Waals surface area contributed by atoms with Crippen LogP contribution in [0.4, 0.5) is 0 Å². The molecule has 1 amide bonds. The summed E-state index contributed by atoms with van der Waals surface area (Å²) in [7, 11) is -2.23. The molecule has 3 unspecified atom stereocenters. The number of nitrogens with zero attached hydrogens (tertiary/aromatic N) is 2. The number of hydrogen-bond donors (Lipinski definition) is 0. The van der Waals surface area contributed by atoms with E-state index in [9.17, 15) is 13.2 Å². The van der Waals surface area contributed by atoms with Crippen LogP contribution in [0.25, 0.3) is 0 Å². The molecule has 0 spiro atoms. The van der Waals surface area contributed by atoms with E-state index in [-0.39, 0.29) is 22.9 Å². The normalized spacial score (nSPS) is 28.1. The number of fused-ring (bicyclic) bond motifs is 1. The predicted molar refractivity (Wildman–Crippen MR) is 116 cm³/mol. The zero-order valence-corrected chi connectivity index (χ0v) is 19.0. The average Bonchev–Trinajstić information content (AvgIpc) is 2.91. The lowest BCUT2D eigenvalue weighted by Gasteiger charge is -2.33. The Morgan fingerprint density at radius 2 is 1.73 bits per heavy atom. The molecule has 0 N–H and O–H groups in total. The number of amides is 1. The maximum absolute atomic E-state index is 13.5. The van der Waals surface area contributed by atoms with Crippen molar-refractivity contribution in [3.8, 4) is 5.75 Å². The van der Waals surface area contributed by atoms with Gasteiger partial charge in [-0.3, -0.25) is 4.79 Å². The lowest BCUT2D eigenvalue weighted by Crippen LogP contribution is -2.42. The number of sulfonamides is 1. The Kier molecular flexibility index (Phi) is 6.39. The molecule has 0 radical (unpaired) electrons. The number of likely N-dealkylation sites (tertiary alicyclic amines) is 1. The fraction of sp³-hybridized carbons (Fsp3) is 0.696. The molecule has 3 atom stereocenters. The molecule has 2 heterocycles. The summed E-state index contributed by atoms with van der Waals surface area (Å²) >= 11 is 0. The Hall–Kier alpha value is -1.60. The van der Waals surface area contributed by atoms with Crippen LogP contribution in [-0.2, 0) is 10.0 Å². The first-order chi connectivity index (χ1) is 14.4. The second-order valence-corrected chi connectivity index (χ2v) is 11.0. The van der Waals surface area contributed by atoms with Crippen molar-refractivity contribution < 1.29 is 17.9 Å². The predicted octanol–water partition coefficient (Wildman–Crippen LogP) is 4.05. The number of carbonyl (C=O) groups excluding carboxylic acids is 1. The molecule has 1 saturated carbocycles. The Morgan fingerprint density at radius 3 is 2.43 bits per heavy atom. The highest BCUT2D eigenvalue weighted by atomic mass is 32.2. The lowest BCUT2D eigenvalue weighted by atomic mass is 9.85. The van der Waals surface area contributed by atoms with Gasteiger partial charge in [0.05, 0.1) is 7.11 Å². The molecule has 30 heavy (non-hydrogen) atoms. The molecule has 0 aromatic heterocycles. The van der Waals surface area contributed by atoms with Crippen molar-refractivity contribution in [2.75, 3.05) is 20.2 Å². The van der Waals surface area contributed by atoms with Gasteiger partial charge >= 0.3 is 0 Å². The van der Waals surface area contributed by atoms with E-state index >= 15 is 0 Å². The third-order valence-corrected chi connectivity index (χ3v) is 9.09. The summed E-state index contributed by atoms with van der Waals surface area (Å²) in [4.78, 5) is 15.6. The second kappa shape index (κ2) is 8.87. The van der Waals surface area contributed by atoms with Gasteiger partial charge in [-0.15, -0.1) is 0 Å². The fourth-order valence-corrected chi connectivity index (χ4v) is 7.34. The first kappa shape index (κ1) is 21.6. The van der Waals surface area contributed by atoms with E-state index in [1.54, 1.807) is 22.5 Å². The van der Waals surface area contributed by atoms with Crippen molar-refractivity contribution in [1.29, 1.82) is 0 Å². The standard InChI is InChI=1S/C23H34N2O4S/c1-17-15-18-9-5-6-10-20(18)25(17)23(26)19-11-12-21(29-2)22(16-19)30(27,28)24-13-7-3-4-8-14-24/h11-12,16-18,20H,3-10,13-15H2,1-2H3. The fourth-order valence-electron chi connectivity index (χ4n) is 5.64. The Balaban J connectivity index is 1.66. The van der Waals surface area contributed by atoms with Crippen molar-refractivity contribution in [2.24, 2.45) is 5.92 Å². The molecule has 6 nitrogen and oxygen atoms in total. The minimum absolute atomic E-state index is 0.0492. The van der Waals surface area contributed by atoms with E-state index in [4.69, 9.17) is 4.74 Å². The summed E-state index contributed by atoms with van der Waals surface area (Å²) in [5.41, 5.74) is 0.447. The molecule has 4 rings (SSSR count). The largest absolute Gasteiger partial charge is 0.495 e. The van der Waals surface area contributed by atoms with Gasteiger partial charge in [0.2, 0.25) is 10.0 Å². The zero-order chi connectivity index (χ0) is 21.3. The summed E-state index contributed by atoms with van der Waals surface area (Å²) in [6.07, 6.45) is 9.54. The van der Waals surface area contributed by atoms with Crippen LogP contribution in [0, 0.1) is 5.92 Å². The van der Waals surface area contributed by atoms with Crippen LogP contribution >= 0.6 is 0 Å². The van der Waals surface area contributed by atoms with E-state index in [1.165, 1.54) is 20.0 Å². The molecular weight excluding hydrogens is 400 g/mol. The number of rotatable bonds is 4. The molecule has 1 aromatic rings. The van der Waals surface area contributed by atoms with Gasteiger partial charge in [0.25, 0.3) is 5.91 Å². The van der Waals surface area contributed by atoms with Crippen molar-refractivity contribution >= 4 is 15.9 Å². The molecule has 2 saturated heterocycles. The van der Waals surface area contributed by atoms with E-state index in [0.717, 1.165) is 44.9 Å². The minimum atomic E-state index is -3.71. The molecule has 166 valence electrons. The Morgan fingerprint density at radius 1 is 1.03 bits per heavy atom. The van der Waals surface area contributed by atoms with Crippen molar-refractivity contribution in [1.82, 2.24) is 9.21 Å². The first-order valence-electron chi connectivity index (χ1n) is 11.4. The van der Waals surface area contributed by atoms with Crippen LogP contribution in [0.5, 0.6) is 5.75 Å². The van der Waals surface area contributed by atoms with Gasteiger partial charge < -0.3 is 9.64 Å². The van der Waals surface area contributed by atoms with Crippen molar-refractivity contribution in [2.45, 2.75) is 81.7 Å². The minimum Gasteiger partial charge on any atom is -0.495 e. The SMILES string of the molecule is COc1ccc(C(=O)N2C(C)CC3CCCCC32)cc1S(=O)(=O)N1CCCCCC1. The monoisotopic (exact) mass is 434 g/mol. The van der Waals surface area contributed by atoms with Gasteiger partial charge in [-0.25, -0.2) is 8.42 Å². The van der Waals surface area contributed by atoms with Crippen LogP contribution in [-0.4, -0.2) is 55.8 Å². The van der Waals surface area contributed by atoms with Crippen LogP contribution in [0.3, 0.4) is 0 Å². The number of benzene rings is 1. The summed E-state index contributed by atoms with van der Waals surface area (Å²) in [5, 5.41) is 0. The highest BCUT2D eigenvalue weighted by molar-refractivity contribution is 7.89. The van der Waals surface area contributed by atoms with Gasteiger partial charge in [0, 0.05) is 30.7 Å². The lowest BCUT2D eigenvalue weighted by molar-refractivity contribution is 0.0633. The van der Waals surface area contributed by atoms with E-state index < -0.39 is 10.0 Å². The maximum atomic E-state index is 13.5. The highest BCUT2D eigenvalue weighted by Crippen LogP contribution is 2.40. The Bertz CT molecular complexity index is 877. The number of ether oxygens (including phenoxy) is 1. The van der Waals surface area contributed by atoms with Gasteiger partial charge in [0.1, 0.15) is 10.6 Å². The Labute approximate surface area is 180 Å². The van der Waals surface area contributed by atoms with Gasteiger partial charge in [-0.05, 0) is 63.1 Å². The van der Waals surface area contributed by atoms with E-state index in [1.807, 2.05) is 4.90 Å². The molecule has 1 aromatic carbocycles. The van der Waals surface area contributed by atoms with Gasteiger partial charge in [-0.1, -0.05) is 25.7 Å². The second-order valence-electron chi connectivity index (χ2n) is 9.09. The quantitative estimate of drug-likeness (QED) is 0.717. The van der Waals surface area contributed by atoms with E-state index in [2.05, 4.69) is 6.92 Å². The summed E-state index contributed by atoms with van der Waals surface area (Å²) in [5.74, 6) is 0.837. The molecular formula is C23H34N2O4S. The molecule has 7 heteroatoms. The summed E-state index contributed by atoms with van der Waals surface area (Å²) in [6.45, 7) is 3.17. The van der Waals surface area contributed by atoms with Gasteiger partial charge in [-0.2, -0.15) is 4.31 Å². The highest BCUT2D eigenvalue weighted by Gasteiger charge is 2.43. The number of methoxy groups -OCH3 is 1. The topological polar surface area (TPSA) is 66.9 Å². The first-order valence-corrected chi connectivity index (χ1v) is 12.9. The molecule has 0 bridgehead atoms. The maximum Gasteiger partial charge on any atom is 0.254 e. The van der Waals surface area contributed by atoms with Crippen molar-refractivity contribution in [3.05, 3.63) is 23.8 Å². The third kappa shape index (κ3) is 3.98. The van der Waals surface area contributed by atoms with Crippen molar-refractivity contribution in [3.63, 3.8) is 0 Å². The van der Waals surface area contributed by atoms with Gasteiger partial charge in [0.15, 0.2) is 0 Å². The number of carbonyl (C=O) groups is 1. The van der Waals surface area contributed by atoms with E-state index in [0.29, 0.717) is 30.3 Å².